The number of halogens is 3. The number of anilines is 3. The average Bonchev–Trinajstić information content (AvgIpc) is 3.03. The van der Waals surface area contributed by atoms with E-state index in [1.54, 1.807) is 67.6 Å². The third kappa shape index (κ3) is 9.84. The van der Waals surface area contributed by atoms with Crippen LogP contribution in [0.2, 0.25) is 0 Å². The molecule has 3 aromatic carbocycles. The van der Waals surface area contributed by atoms with E-state index >= 15 is 0 Å². The summed E-state index contributed by atoms with van der Waals surface area (Å²) in [4.78, 5) is 55.5. The van der Waals surface area contributed by atoms with Gasteiger partial charge in [0.25, 0.3) is 5.91 Å². The summed E-state index contributed by atoms with van der Waals surface area (Å²) >= 11 is 0. The molecule has 0 spiro atoms. The lowest BCUT2D eigenvalue weighted by molar-refractivity contribution is -0.202. The van der Waals surface area contributed by atoms with Crippen molar-refractivity contribution in [3.05, 3.63) is 84.1 Å². The van der Waals surface area contributed by atoms with E-state index < -0.39 is 36.6 Å². The number of aromatic nitrogens is 1. The molecule has 0 saturated heterocycles. The van der Waals surface area contributed by atoms with Crippen molar-refractivity contribution in [1.82, 2.24) is 9.88 Å². The van der Waals surface area contributed by atoms with E-state index in [4.69, 9.17) is 15.2 Å². The Morgan fingerprint density at radius 2 is 1.72 bits per heavy atom. The van der Waals surface area contributed by atoms with Crippen LogP contribution >= 0.6 is 0 Å². The number of benzene rings is 3. The van der Waals surface area contributed by atoms with E-state index in [1.165, 1.54) is 19.2 Å². The molecule has 1 unspecified atom stereocenters. The van der Waals surface area contributed by atoms with Gasteiger partial charge in [0.1, 0.15) is 18.4 Å². The fourth-order valence-corrected chi connectivity index (χ4v) is 4.98. The second-order valence-electron chi connectivity index (χ2n) is 11.4. The highest BCUT2D eigenvalue weighted by atomic mass is 19.4. The van der Waals surface area contributed by atoms with Crippen molar-refractivity contribution in [1.29, 1.82) is 0 Å². The van der Waals surface area contributed by atoms with Crippen molar-refractivity contribution in [2.24, 2.45) is 0 Å². The molecule has 15 heteroatoms. The van der Waals surface area contributed by atoms with Gasteiger partial charge in [-0.15, -0.1) is 0 Å². The van der Waals surface area contributed by atoms with Crippen LogP contribution in [-0.4, -0.2) is 59.1 Å². The van der Waals surface area contributed by atoms with Gasteiger partial charge in [-0.05, 0) is 85.8 Å². The molecule has 0 radical (unpaired) electrons. The number of esters is 2. The van der Waals surface area contributed by atoms with Crippen molar-refractivity contribution < 1.29 is 46.6 Å². The van der Waals surface area contributed by atoms with Gasteiger partial charge in [0.2, 0.25) is 5.91 Å². The van der Waals surface area contributed by atoms with Gasteiger partial charge in [-0.1, -0.05) is 18.2 Å². The van der Waals surface area contributed by atoms with Gasteiger partial charge < -0.3 is 35.5 Å². The van der Waals surface area contributed by atoms with Crippen LogP contribution in [-0.2, 0) is 30.5 Å². The zero-order valence-corrected chi connectivity index (χ0v) is 27.7. The van der Waals surface area contributed by atoms with E-state index in [2.05, 4.69) is 20.4 Å². The molecule has 0 aliphatic carbocycles. The molecular weight excluding hydrogens is 659 g/mol. The van der Waals surface area contributed by atoms with Crippen molar-refractivity contribution in [3.63, 3.8) is 0 Å². The maximum atomic E-state index is 14.6. The van der Waals surface area contributed by atoms with Gasteiger partial charge in [0.15, 0.2) is 11.5 Å². The Morgan fingerprint density at radius 3 is 2.40 bits per heavy atom. The molecule has 0 aliphatic rings. The SMILES string of the molecule is CCOc1cc(C(Nc2ccc3c(N)nccc3c2)C(=O)N(CC(=O)OC(=O)C(F)(F)F)Cc2cccc(NC(C)=O)c2)ccc1OC(C)C. The maximum Gasteiger partial charge on any atom is 0.491 e. The van der Waals surface area contributed by atoms with Crippen molar-refractivity contribution in [2.45, 2.75) is 52.6 Å². The lowest BCUT2D eigenvalue weighted by Gasteiger charge is -2.29. The predicted molar refractivity (Wildman–Crippen MR) is 179 cm³/mol. The first-order valence-corrected chi connectivity index (χ1v) is 15.5. The summed E-state index contributed by atoms with van der Waals surface area (Å²) in [5.74, 6) is -4.45. The van der Waals surface area contributed by atoms with E-state index in [-0.39, 0.29) is 25.2 Å². The Kier molecular flexibility index (Phi) is 11.8. The van der Waals surface area contributed by atoms with Crippen molar-refractivity contribution in [3.8, 4) is 11.5 Å². The molecule has 12 nitrogen and oxygen atoms in total. The first-order valence-electron chi connectivity index (χ1n) is 15.5. The highest BCUT2D eigenvalue weighted by molar-refractivity contribution is 5.95. The number of hydrogen-bond acceptors (Lipinski definition) is 10. The predicted octanol–water partition coefficient (Wildman–Crippen LogP) is 5.78. The molecular formula is C35H36F3N5O7. The maximum absolute atomic E-state index is 14.6. The van der Waals surface area contributed by atoms with E-state index in [1.807, 2.05) is 13.8 Å². The molecule has 4 rings (SSSR count). The van der Waals surface area contributed by atoms with Gasteiger partial charge in [0, 0.05) is 36.4 Å². The summed E-state index contributed by atoms with van der Waals surface area (Å²) in [5, 5.41) is 7.15. The smallest absolute Gasteiger partial charge is 0.490 e. The number of ether oxygens (including phenoxy) is 3. The largest absolute Gasteiger partial charge is 0.491 e. The molecule has 50 heavy (non-hydrogen) atoms. The van der Waals surface area contributed by atoms with Gasteiger partial charge in [-0.25, -0.2) is 14.6 Å². The molecule has 2 amide bonds. The molecule has 4 N–H and O–H groups in total. The zero-order chi connectivity index (χ0) is 36.6. The number of fused-ring (bicyclic) bond motifs is 1. The summed E-state index contributed by atoms with van der Waals surface area (Å²) in [6, 6.07) is 16.7. The molecule has 1 aromatic heterocycles. The highest BCUT2D eigenvalue weighted by Gasteiger charge is 2.43. The molecule has 264 valence electrons. The summed E-state index contributed by atoms with van der Waals surface area (Å²) in [6.45, 7) is 5.65. The van der Waals surface area contributed by atoms with Gasteiger partial charge in [0.05, 0.1) is 12.7 Å². The number of nitrogen functional groups attached to an aromatic ring is 1. The van der Waals surface area contributed by atoms with Crippen LogP contribution in [0.4, 0.5) is 30.4 Å². The third-order valence-corrected chi connectivity index (χ3v) is 7.01. The zero-order valence-electron chi connectivity index (χ0n) is 27.7. The number of carbonyl (C=O) groups excluding carboxylic acids is 4. The fraction of sp³-hybridized carbons (Fsp3) is 0.286. The van der Waals surface area contributed by atoms with Gasteiger partial charge in [-0.2, -0.15) is 13.2 Å². The van der Waals surface area contributed by atoms with E-state index in [0.717, 1.165) is 4.90 Å². The van der Waals surface area contributed by atoms with Crippen LogP contribution < -0.4 is 25.8 Å². The normalized spacial score (nSPS) is 11.8. The first-order chi connectivity index (χ1) is 23.6. The minimum atomic E-state index is -5.44. The minimum Gasteiger partial charge on any atom is -0.490 e. The molecule has 1 heterocycles. The summed E-state index contributed by atoms with van der Waals surface area (Å²) < 4.78 is 54.6. The number of alkyl halides is 3. The standard InChI is InChI=1S/C35H36F3N5O7/c1-5-48-29-17-24(9-12-28(29)49-20(2)3)31(42-26-10-11-27-23(16-26)13-14-40-32(27)39)33(46)43(19-30(45)50-34(47)35(36,37)38)18-22-7-6-8-25(15-22)41-21(4)44/h6-17,20,31,42H,5,18-19H2,1-4H3,(H2,39,40)(H,41,44). The Morgan fingerprint density at radius 1 is 0.960 bits per heavy atom. The van der Waals surface area contributed by atoms with Gasteiger partial charge >= 0.3 is 18.1 Å². The Labute approximate surface area is 285 Å². The quantitative estimate of drug-likeness (QED) is 0.116. The average molecular weight is 696 g/mol. The number of nitrogens with zero attached hydrogens (tertiary/aromatic N) is 2. The highest BCUT2D eigenvalue weighted by Crippen LogP contribution is 2.34. The molecule has 0 aliphatic heterocycles. The van der Waals surface area contributed by atoms with Crippen LogP contribution in [0, 0.1) is 0 Å². The molecule has 0 saturated carbocycles. The second kappa shape index (κ2) is 16.0. The Bertz CT molecular complexity index is 1880. The molecule has 1 atom stereocenters. The van der Waals surface area contributed by atoms with Crippen molar-refractivity contribution >= 4 is 51.7 Å². The number of nitrogens with one attached hydrogen (secondary N) is 2. The summed E-state index contributed by atoms with van der Waals surface area (Å²) in [5.41, 5.74) is 7.59. The van der Waals surface area contributed by atoms with Gasteiger partial charge in [-0.3, -0.25) is 9.59 Å². The third-order valence-electron chi connectivity index (χ3n) is 7.01. The number of carbonyl (C=O) groups is 4. The van der Waals surface area contributed by atoms with Crippen LogP contribution in [0.15, 0.2) is 72.9 Å². The molecule has 0 fully saturated rings. The summed E-state index contributed by atoms with van der Waals surface area (Å²) in [7, 11) is 0. The van der Waals surface area contributed by atoms with Crippen LogP contribution in [0.1, 0.15) is 44.9 Å². The first kappa shape index (κ1) is 37.0. The molecule has 4 aromatic rings. The lowest BCUT2D eigenvalue weighted by atomic mass is 10.0. The van der Waals surface area contributed by atoms with Crippen molar-refractivity contribution in [2.75, 3.05) is 29.5 Å². The molecule has 0 bridgehead atoms. The minimum absolute atomic E-state index is 0.204. The lowest BCUT2D eigenvalue weighted by Crippen LogP contribution is -2.42. The number of pyridine rings is 1. The van der Waals surface area contributed by atoms with E-state index in [9.17, 15) is 32.3 Å². The number of amides is 2. The van der Waals surface area contributed by atoms with Crippen LogP contribution in [0.3, 0.4) is 0 Å². The topological polar surface area (TPSA) is 162 Å². The Hall–Kier alpha value is -5.86. The number of nitrogens with two attached hydrogens (primary N) is 1. The second-order valence-corrected chi connectivity index (χ2v) is 11.4. The van der Waals surface area contributed by atoms with Crippen LogP contribution in [0.25, 0.3) is 10.8 Å². The number of rotatable bonds is 13. The van der Waals surface area contributed by atoms with E-state index in [0.29, 0.717) is 50.6 Å². The fourth-order valence-electron chi connectivity index (χ4n) is 4.98. The monoisotopic (exact) mass is 695 g/mol. The Balaban J connectivity index is 1.80. The summed E-state index contributed by atoms with van der Waals surface area (Å²) in [6.07, 6.45) is -4.12. The number of hydrogen-bond donors (Lipinski definition) is 3. The van der Waals surface area contributed by atoms with Crippen LogP contribution in [0.5, 0.6) is 11.5 Å².